The van der Waals surface area contributed by atoms with Crippen molar-refractivity contribution in [1.29, 1.82) is 0 Å². The predicted molar refractivity (Wildman–Crippen MR) is 78.5 cm³/mol. The Morgan fingerprint density at radius 3 is 2.90 bits per heavy atom. The van der Waals surface area contributed by atoms with E-state index >= 15 is 0 Å². The van der Waals surface area contributed by atoms with Gasteiger partial charge >= 0.3 is 6.03 Å². The van der Waals surface area contributed by atoms with Gasteiger partial charge in [0, 0.05) is 26.2 Å². The number of carbonyl (C=O) groups excluding carboxylic acids is 1. The minimum Gasteiger partial charge on any atom is -0.394 e. The van der Waals surface area contributed by atoms with Gasteiger partial charge in [-0.05, 0) is 24.5 Å². The molecular weight excluding hydrogens is 254 g/mol. The summed E-state index contributed by atoms with van der Waals surface area (Å²) in [5.41, 5.74) is 2.82. The maximum Gasteiger partial charge on any atom is 0.315 e. The van der Waals surface area contributed by atoms with Crippen LogP contribution in [0.3, 0.4) is 0 Å². The predicted octanol–water partition coefficient (Wildman–Crippen LogP) is 0.725. The third kappa shape index (κ3) is 4.21. The summed E-state index contributed by atoms with van der Waals surface area (Å²) >= 11 is 0. The fraction of sp³-hybridized carbons (Fsp3) is 0.533. The number of hydrogen-bond acceptors (Lipinski definition) is 3. The molecule has 1 aliphatic heterocycles. The molecule has 2 rings (SSSR count). The normalized spacial score (nSPS) is 16.3. The highest BCUT2D eigenvalue weighted by molar-refractivity contribution is 5.74. The fourth-order valence-electron chi connectivity index (χ4n) is 2.39. The highest BCUT2D eigenvalue weighted by Gasteiger charge is 2.15. The van der Waals surface area contributed by atoms with Crippen LogP contribution in [0.2, 0.25) is 0 Å². The molecule has 1 unspecified atom stereocenters. The third-order valence-electron chi connectivity index (χ3n) is 3.57. The molecule has 5 nitrogen and oxygen atoms in total. The number of benzene rings is 1. The third-order valence-corrected chi connectivity index (χ3v) is 3.57. The summed E-state index contributed by atoms with van der Waals surface area (Å²) in [5, 5.41) is 14.3. The van der Waals surface area contributed by atoms with Gasteiger partial charge in [-0.15, -0.1) is 0 Å². The van der Waals surface area contributed by atoms with Crippen LogP contribution in [0.4, 0.5) is 4.79 Å². The maximum absolute atomic E-state index is 11.5. The highest BCUT2D eigenvalue weighted by Crippen LogP contribution is 2.17. The first-order valence-corrected chi connectivity index (χ1v) is 7.13. The molecule has 0 bridgehead atoms. The topological polar surface area (TPSA) is 64.6 Å². The van der Waals surface area contributed by atoms with E-state index in [0.29, 0.717) is 6.54 Å². The van der Waals surface area contributed by atoms with E-state index < -0.39 is 0 Å². The zero-order chi connectivity index (χ0) is 14.4. The number of amides is 2. The van der Waals surface area contributed by atoms with Gasteiger partial charge in [0.25, 0.3) is 0 Å². The van der Waals surface area contributed by atoms with E-state index in [0.717, 1.165) is 26.1 Å². The summed E-state index contributed by atoms with van der Waals surface area (Å²) in [7, 11) is 0. The molecule has 1 aliphatic rings. The standard InChI is InChI=1S/C15H23N3O2/c1-12(11-19)17-15(20)16-7-9-18-8-6-13-4-2-3-5-14(13)10-18/h2-5,12,19H,6-11H2,1H3,(H2,16,17,20). The summed E-state index contributed by atoms with van der Waals surface area (Å²) in [6.45, 7) is 5.17. The van der Waals surface area contributed by atoms with Crippen molar-refractivity contribution in [3.8, 4) is 0 Å². The van der Waals surface area contributed by atoms with E-state index in [2.05, 4.69) is 39.8 Å². The van der Waals surface area contributed by atoms with Crippen LogP contribution in [0.25, 0.3) is 0 Å². The molecule has 5 heteroatoms. The Bertz CT molecular complexity index is 450. The van der Waals surface area contributed by atoms with Gasteiger partial charge in [0.15, 0.2) is 0 Å². The second-order valence-electron chi connectivity index (χ2n) is 5.28. The summed E-state index contributed by atoms with van der Waals surface area (Å²) < 4.78 is 0. The van der Waals surface area contributed by atoms with Gasteiger partial charge in [-0.3, -0.25) is 4.90 Å². The smallest absolute Gasteiger partial charge is 0.315 e. The molecule has 0 saturated carbocycles. The molecule has 0 aliphatic carbocycles. The van der Waals surface area contributed by atoms with Crippen LogP contribution in [0.5, 0.6) is 0 Å². The second-order valence-corrected chi connectivity index (χ2v) is 5.28. The number of hydrogen-bond donors (Lipinski definition) is 3. The van der Waals surface area contributed by atoms with Crippen LogP contribution in [0.1, 0.15) is 18.1 Å². The van der Waals surface area contributed by atoms with Crippen molar-refractivity contribution in [3.63, 3.8) is 0 Å². The average Bonchev–Trinajstić information content (AvgIpc) is 2.47. The quantitative estimate of drug-likeness (QED) is 0.743. The van der Waals surface area contributed by atoms with Crippen molar-refractivity contribution < 1.29 is 9.90 Å². The number of urea groups is 1. The van der Waals surface area contributed by atoms with E-state index in [9.17, 15) is 4.79 Å². The van der Waals surface area contributed by atoms with Gasteiger partial charge in [0.1, 0.15) is 0 Å². The zero-order valence-electron chi connectivity index (χ0n) is 11.9. The molecule has 1 atom stereocenters. The van der Waals surface area contributed by atoms with E-state index in [4.69, 9.17) is 5.11 Å². The van der Waals surface area contributed by atoms with Crippen LogP contribution in [-0.4, -0.2) is 48.3 Å². The Hall–Kier alpha value is -1.59. The van der Waals surface area contributed by atoms with Gasteiger partial charge in [-0.1, -0.05) is 24.3 Å². The molecular formula is C15H23N3O2. The van der Waals surface area contributed by atoms with Crippen molar-refractivity contribution in [2.75, 3.05) is 26.2 Å². The summed E-state index contributed by atoms with van der Waals surface area (Å²) in [6.07, 6.45) is 1.07. The summed E-state index contributed by atoms with van der Waals surface area (Å²) in [4.78, 5) is 13.8. The lowest BCUT2D eigenvalue weighted by molar-refractivity contribution is 0.215. The van der Waals surface area contributed by atoms with Crippen molar-refractivity contribution in [2.45, 2.75) is 25.9 Å². The van der Waals surface area contributed by atoms with Gasteiger partial charge in [-0.25, -0.2) is 4.79 Å². The lowest BCUT2D eigenvalue weighted by atomic mass is 10.00. The van der Waals surface area contributed by atoms with Crippen molar-refractivity contribution in [1.82, 2.24) is 15.5 Å². The van der Waals surface area contributed by atoms with Gasteiger partial charge < -0.3 is 15.7 Å². The number of rotatable bonds is 5. The van der Waals surface area contributed by atoms with Crippen molar-refractivity contribution in [3.05, 3.63) is 35.4 Å². The zero-order valence-corrected chi connectivity index (χ0v) is 11.9. The van der Waals surface area contributed by atoms with E-state index in [1.165, 1.54) is 11.1 Å². The molecule has 1 aromatic rings. The first kappa shape index (κ1) is 14.8. The van der Waals surface area contributed by atoms with Gasteiger partial charge in [0.05, 0.1) is 12.6 Å². The Kier molecular flexibility index (Phi) is 5.38. The Morgan fingerprint density at radius 2 is 2.15 bits per heavy atom. The average molecular weight is 277 g/mol. The fourth-order valence-corrected chi connectivity index (χ4v) is 2.39. The lowest BCUT2D eigenvalue weighted by Crippen LogP contribution is -2.45. The number of aliphatic hydroxyl groups excluding tert-OH is 1. The molecule has 0 spiro atoms. The molecule has 1 aromatic carbocycles. The summed E-state index contributed by atoms with van der Waals surface area (Å²) in [5.74, 6) is 0. The van der Waals surface area contributed by atoms with Crippen LogP contribution in [0.15, 0.2) is 24.3 Å². The Morgan fingerprint density at radius 1 is 1.40 bits per heavy atom. The molecule has 0 radical (unpaired) electrons. The van der Waals surface area contributed by atoms with Gasteiger partial charge in [0.2, 0.25) is 0 Å². The number of nitrogens with zero attached hydrogens (tertiary/aromatic N) is 1. The first-order valence-electron chi connectivity index (χ1n) is 7.13. The largest absolute Gasteiger partial charge is 0.394 e. The first-order chi connectivity index (χ1) is 9.69. The lowest BCUT2D eigenvalue weighted by Gasteiger charge is -2.28. The van der Waals surface area contributed by atoms with Crippen molar-refractivity contribution >= 4 is 6.03 Å². The minimum absolute atomic E-state index is 0.0453. The molecule has 3 N–H and O–H groups in total. The number of aliphatic hydroxyl groups is 1. The molecule has 20 heavy (non-hydrogen) atoms. The molecule has 0 aromatic heterocycles. The second kappa shape index (κ2) is 7.26. The van der Waals surface area contributed by atoms with E-state index in [1.54, 1.807) is 6.92 Å². The van der Waals surface area contributed by atoms with Crippen molar-refractivity contribution in [2.24, 2.45) is 0 Å². The van der Waals surface area contributed by atoms with Crippen LogP contribution < -0.4 is 10.6 Å². The number of carbonyl (C=O) groups is 1. The van der Waals surface area contributed by atoms with Gasteiger partial charge in [-0.2, -0.15) is 0 Å². The van der Waals surface area contributed by atoms with Crippen LogP contribution in [-0.2, 0) is 13.0 Å². The molecule has 1 heterocycles. The van der Waals surface area contributed by atoms with Crippen LogP contribution in [0, 0.1) is 0 Å². The SMILES string of the molecule is CC(CO)NC(=O)NCCN1CCc2ccccc2C1. The van der Waals surface area contributed by atoms with Crippen LogP contribution >= 0.6 is 0 Å². The minimum atomic E-state index is -0.219. The summed E-state index contributed by atoms with van der Waals surface area (Å²) in [6, 6.07) is 8.09. The monoisotopic (exact) mass is 277 g/mol. The highest BCUT2D eigenvalue weighted by atomic mass is 16.3. The number of fused-ring (bicyclic) bond motifs is 1. The maximum atomic E-state index is 11.5. The molecule has 0 fully saturated rings. The molecule has 2 amide bonds. The van der Waals surface area contributed by atoms with E-state index in [1.807, 2.05) is 0 Å². The molecule has 110 valence electrons. The Balaban J connectivity index is 1.70. The Labute approximate surface area is 120 Å². The molecule has 0 saturated heterocycles. The van der Waals surface area contributed by atoms with E-state index in [-0.39, 0.29) is 18.7 Å². The number of nitrogens with one attached hydrogen (secondary N) is 2.